The molecule has 1 aromatic rings. The van der Waals surface area contributed by atoms with Crippen LogP contribution in [0.2, 0.25) is 0 Å². The smallest absolute Gasteiger partial charge is 0.119 e. The van der Waals surface area contributed by atoms with Crippen LogP contribution in [0.1, 0.15) is 12.5 Å². The Hall–Kier alpha value is -1.53. The monoisotopic (exact) mass is 217 g/mol. The van der Waals surface area contributed by atoms with Crippen molar-refractivity contribution in [2.24, 2.45) is 5.41 Å². The van der Waals surface area contributed by atoms with E-state index in [9.17, 15) is 0 Å². The van der Waals surface area contributed by atoms with Crippen molar-refractivity contribution < 1.29 is 9.47 Å². The normalized spacial score (nSPS) is 17.2. The molecule has 0 aliphatic carbocycles. The molecular formula is C13H15NO2. The Morgan fingerprint density at radius 1 is 1.50 bits per heavy atom. The summed E-state index contributed by atoms with van der Waals surface area (Å²) in [4.78, 5) is 0. The zero-order valence-corrected chi connectivity index (χ0v) is 9.40. The molecule has 1 saturated heterocycles. The lowest BCUT2D eigenvalue weighted by Crippen LogP contribution is -2.44. The Balaban J connectivity index is 1.93. The molecule has 1 aliphatic heterocycles. The standard InChI is InChI=1S/C13H15NO2/c1-13(8-15-9-13)10-16-12-4-2-3-11(7-12)5-6-14/h2-4,7H,5,8-10H2,1H3. The molecule has 2 rings (SSSR count). The van der Waals surface area contributed by atoms with E-state index in [2.05, 4.69) is 13.0 Å². The maximum absolute atomic E-state index is 8.61. The fraction of sp³-hybridized carbons (Fsp3) is 0.462. The highest BCUT2D eigenvalue weighted by molar-refractivity contribution is 5.30. The highest BCUT2D eigenvalue weighted by atomic mass is 16.5. The highest BCUT2D eigenvalue weighted by Gasteiger charge is 2.34. The summed E-state index contributed by atoms with van der Waals surface area (Å²) in [6.45, 7) is 4.36. The third-order valence-electron chi connectivity index (χ3n) is 2.67. The van der Waals surface area contributed by atoms with Gasteiger partial charge in [0.2, 0.25) is 0 Å². The third-order valence-corrected chi connectivity index (χ3v) is 2.67. The third kappa shape index (κ3) is 2.53. The fourth-order valence-corrected chi connectivity index (χ4v) is 1.63. The maximum Gasteiger partial charge on any atom is 0.119 e. The molecule has 0 bridgehead atoms. The lowest BCUT2D eigenvalue weighted by molar-refractivity contribution is -0.120. The number of hydrogen-bond acceptors (Lipinski definition) is 3. The molecule has 16 heavy (non-hydrogen) atoms. The molecule has 3 heteroatoms. The molecular weight excluding hydrogens is 202 g/mol. The summed E-state index contributed by atoms with van der Waals surface area (Å²) < 4.78 is 10.9. The number of ether oxygens (including phenoxy) is 2. The van der Waals surface area contributed by atoms with E-state index in [1.807, 2.05) is 24.3 Å². The van der Waals surface area contributed by atoms with E-state index in [0.717, 1.165) is 24.5 Å². The number of hydrogen-bond donors (Lipinski definition) is 0. The largest absolute Gasteiger partial charge is 0.493 e. The van der Waals surface area contributed by atoms with Gasteiger partial charge in [-0.05, 0) is 17.7 Å². The van der Waals surface area contributed by atoms with Gasteiger partial charge in [-0.2, -0.15) is 5.26 Å². The first-order valence-electron chi connectivity index (χ1n) is 5.38. The zero-order valence-electron chi connectivity index (χ0n) is 9.40. The van der Waals surface area contributed by atoms with Crippen LogP contribution >= 0.6 is 0 Å². The molecule has 1 fully saturated rings. The lowest BCUT2D eigenvalue weighted by atomic mass is 9.90. The van der Waals surface area contributed by atoms with Gasteiger partial charge in [0.05, 0.1) is 32.3 Å². The Morgan fingerprint density at radius 2 is 2.31 bits per heavy atom. The Bertz CT molecular complexity index is 405. The first-order valence-corrected chi connectivity index (χ1v) is 5.38. The molecule has 0 spiro atoms. The molecule has 0 saturated carbocycles. The molecule has 84 valence electrons. The van der Waals surface area contributed by atoms with Gasteiger partial charge in [0, 0.05) is 5.41 Å². The maximum atomic E-state index is 8.61. The SMILES string of the molecule is CC1(COc2cccc(CC#N)c2)COC1. The summed E-state index contributed by atoms with van der Waals surface area (Å²) in [5.74, 6) is 0.834. The van der Waals surface area contributed by atoms with Crippen LogP contribution in [-0.4, -0.2) is 19.8 Å². The van der Waals surface area contributed by atoms with E-state index in [4.69, 9.17) is 14.7 Å². The van der Waals surface area contributed by atoms with Crippen molar-refractivity contribution in [3.63, 3.8) is 0 Å². The summed E-state index contributed by atoms with van der Waals surface area (Å²) in [6.07, 6.45) is 0.428. The Kier molecular flexibility index (Phi) is 3.12. The van der Waals surface area contributed by atoms with Crippen molar-refractivity contribution in [2.45, 2.75) is 13.3 Å². The molecule has 1 aliphatic rings. The van der Waals surface area contributed by atoms with Gasteiger partial charge >= 0.3 is 0 Å². The van der Waals surface area contributed by atoms with Gasteiger partial charge in [-0.25, -0.2) is 0 Å². The molecule has 0 atom stereocenters. The number of nitrogens with zero attached hydrogens (tertiary/aromatic N) is 1. The zero-order chi connectivity index (χ0) is 11.4. The first-order chi connectivity index (χ1) is 7.72. The number of rotatable bonds is 4. The van der Waals surface area contributed by atoms with Gasteiger partial charge in [0.15, 0.2) is 0 Å². The molecule has 1 heterocycles. The van der Waals surface area contributed by atoms with Crippen molar-refractivity contribution in [2.75, 3.05) is 19.8 Å². The second-order valence-corrected chi connectivity index (χ2v) is 4.57. The highest BCUT2D eigenvalue weighted by Crippen LogP contribution is 2.27. The second kappa shape index (κ2) is 4.54. The van der Waals surface area contributed by atoms with E-state index in [1.54, 1.807) is 0 Å². The van der Waals surface area contributed by atoms with Crippen LogP contribution < -0.4 is 4.74 Å². The summed E-state index contributed by atoms with van der Waals surface area (Å²) in [7, 11) is 0. The number of benzene rings is 1. The summed E-state index contributed by atoms with van der Waals surface area (Å²) in [6, 6.07) is 9.83. The Morgan fingerprint density at radius 3 is 2.94 bits per heavy atom. The van der Waals surface area contributed by atoms with Gasteiger partial charge in [-0.15, -0.1) is 0 Å². The summed E-state index contributed by atoms with van der Waals surface area (Å²) >= 11 is 0. The van der Waals surface area contributed by atoms with Crippen molar-refractivity contribution in [1.29, 1.82) is 5.26 Å². The molecule has 0 unspecified atom stereocenters. The molecule has 0 amide bonds. The minimum atomic E-state index is 0.158. The van der Waals surface area contributed by atoms with Crippen LogP contribution in [-0.2, 0) is 11.2 Å². The van der Waals surface area contributed by atoms with Gasteiger partial charge < -0.3 is 9.47 Å². The van der Waals surface area contributed by atoms with Crippen molar-refractivity contribution in [3.05, 3.63) is 29.8 Å². The minimum Gasteiger partial charge on any atom is -0.493 e. The predicted molar refractivity (Wildman–Crippen MR) is 60.2 cm³/mol. The summed E-state index contributed by atoms with van der Waals surface area (Å²) in [5, 5.41) is 8.61. The molecule has 1 aromatic carbocycles. The van der Waals surface area contributed by atoms with Crippen LogP contribution in [0.3, 0.4) is 0 Å². The van der Waals surface area contributed by atoms with Gasteiger partial charge in [-0.1, -0.05) is 19.1 Å². The Labute approximate surface area is 95.6 Å². The van der Waals surface area contributed by atoms with Gasteiger partial charge in [0.1, 0.15) is 5.75 Å². The summed E-state index contributed by atoms with van der Waals surface area (Å²) in [5.41, 5.74) is 1.15. The van der Waals surface area contributed by atoms with E-state index in [-0.39, 0.29) is 5.41 Å². The van der Waals surface area contributed by atoms with Crippen LogP contribution in [0.5, 0.6) is 5.75 Å². The lowest BCUT2D eigenvalue weighted by Gasteiger charge is -2.37. The average Bonchev–Trinajstić information content (AvgIpc) is 2.25. The van der Waals surface area contributed by atoms with Crippen molar-refractivity contribution >= 4 is 0 Å². The topological polar surface area (TPSA) is 42.2 Å². The molecule has 0 radical (unpaired) electrons. The average molecular weight is 217 g/mol. The van der Waals surface area contributed by atoms with Crippen LogP contribution in [0, 0.1) is 16.7 Å². The first kappa shape index (κ1) is 11.0. The van der Waals surface area contributed by atoms with Gasteiger partial charge in [-0.3, -0.25) is 0 Å². The van der Waals surface area contributed by atoms with Crippen LogP contribution in [0.4, 0.5) is 0 Å². The van der Waals surface area contributed by atoms with Crippen molar-refractivity contribution in [3.8, 4) is 11.8 Å². The van der Waals surface area contributed by atoms with Gasteiger partial charge in [0.25, 0.3) is 0 Å². The van der Waals surface area contributed by atoms with E-state index >= 15 is 0 Å². The molecule has 3 nitrogen and oxygen atoms in total. The van der Waals surface area contributed by atoms with E-state index in [1.165, 1.54) is 0 Å². The molecule has 0 N–H and O–H groups in total. The predicted octanol–water partition coefficient (Wildman–Crippen LogP) is 2.17. The minimum absolute atomic E-state index is 0.158. The van der Waals surface area contributed by atoms with E-state index < -0.39 is 0 Å². The quantitative estimate of drug-likeness (QED) is 0.776. The van der Waals surface area contributed by atoms with Crippen LogP contribution in [0.15, 0.2) is 24.3 Å². The second-order valence-electron chi connectivity index (χ2n) is 4.57. The molecule has 0 aromatic heterocycles. The van der Waals surface area contributed by atoms with Crippen LogP contribution in [0.25, 0.3) is 0 Å². The number of nitriles is 1. The fourth-order valence-electron chi connectivity index (χ4n) is 1.63. The van der Waals surface area contributed by atoms with E-state index in [0.29, 0.717) is 13.0 Å². The van der Waals surface area contributed by atoms with Crippen molar-refractivity contribution in [1.82, 2.24) is 0 Å².